The van der Waals surface area contributed by atoms with Crippen LogP contribution in [0.5, 0.6) is 5.75 Å². The number of nitrogens with zero attached hydrogens (tertiary/aromatic N) is 2. The van der Waals surface area contributed by atoms with Crippen molar-refractivity contribution in [1.29, 1.82) is 0 Å². The lowest BCUT2D eigenvalue weighted by Gasteiger charge is -2.09. The van der Waals surface area contributed by atoms with Gasteiger partial charge in [-0.2, -0.15) is 0 Å². The highest BCUT2D eigenvalue weighted by Crippen LogP contribution is 2.26. The van der Waals surface area contributed by atoms with Crippen molar-refractivity contribution in [3.8, 4) is 16.9 Å². The van der Waals surface area contributed by atoms with Crippen LogP contribution in [0.15, 0.2) is 53.7 Å². The van der Waals surface area contributed by atoms with Gasteiger partial charge in [-0.1, -0.05) is 18.2 Å². The van der Waals surface area contributed by atoms with Gasteiger partial charge in [-0.3, -0.25) is 4.79 Å². The Morgan fingerprint density at radius 2 is 2.00 bits per heavy atom. The predicted octanol–water partition coefficient (Wildman–Crippen LogP) is 2.60. The van der Waals surface area contributed by atoms with Crippen LogP contribution in [-0.2, 0) is 6.54 Å². The molecule has 0 aliphatic rings. The van der Waals surface area contributed by atoms with E-state index in [1.165, 1.54) is 0 Å². The normalized spacial score (nSPS) is 10.6. The standard InChI is InChI=1S/C17H17N3O2/c1-12-9-18-11-20(12)10-13-7-8-15(17(21)19-13)14-5-3-4-6-16(14)22-2/h3-9,11H,10H2,1-2H3,(H,19,21). The van der Waals surface area contributed by atoms with Crippen LogP contribution in [0.4, 0.5) is 0 Å². The van der Waals surface area contributed by atoms with E-state index in [0.29, 0.717) is 17.9 Å². The highest BCUT2D eigenvalue weighted by atomic mass is 16.5. The first-order valence-corrected chi connectivity index (χ1v) is 7.01. The maximum absolute atomic E-state index is 12.4. The fraction of sp³-hybridized carbons (Fsp3) is 0.176. The summed E-state index contributed by atoms with van der Waals surface area (Å²) in [6.07, 6.45) is 3.54. The lowest BCUT2D eigenvalue weighted by Crippen LogP contribution is -2.13. The van der Waals surface area contributed by atoms with Crippen LogP contribution >= 0.6 is 0 Å². The molecule has 1 N–H and O–H groups in total. The average molecular weight is 295 g/mol. The summed E-state index contributed by atoms with van der Waals surface area (Å²) in [6.45, 7) is 2.57. The van der Waals surface area contributed by atoms with Crippen molar-refractivity contribution >= 4 is 0 Å². The minimum atomic E-state index is -0.125. The number of benzene rings is 1. The maximum Gasteiger partial charge on any atom is 0.256 e. The number of nitrogens with one attached hydrogen (secondary N) is 1. The Kier molecular flexibility index (Phi) is 3.78. The molecule has 2 aromatic heterocycles. The fourth-order valence-corrected chi connectivity index (χ4v) is 2.42. The van der Waals surface area contributed by atoms with E-state index >= 15 is 0 Å². The number of aromatic amines is 1. The van der Waals surface area contributed by atoms with Gasteiger partial charge in [0.15, 0.2) is 0 Å². The van der Waals surface area contributed by atoms with Gasteiger partial charge < -0.3 is 14.3 Å². The van der Waals surface area contributed by atoms with Gasteiger partial charge in [-0.05, 0) is 25.1 Å². The molecule has 0 radical (unpaired) electrons. The molecule has 0 unspecified atom stereocenters. The van der Waals surface area contributed by atoms with Crippen LogP contribution in [-0.4, -0.2) is 21.6 Å². The van der Waals surface area contributed by atoms with E-state index in [2.05, 4.69) is 9.97 Å². The average Bonchev–Trinajstić information content (AvgIpc) is 2.93. The van der Waals surface area contributed by atoms with Crippen molar-refractivity contribution in [2.45, 2.75) is 13.5 Å². The van der Waals surface area contributed by atoms with E-state index in [4.69, 9.17) is 4.74 Å². The van der Waals surface area contributed by atoms with Gasteiger partial charge in [0.2, 0.25) is 0 Å². The molecule has 0 aliphatic carbocycles. The molecule has 0 aliphatic heterocycles. The molecule has 0 atom stereocenters. The zero-order chi connectivity index (χ0) is 15.5. The molecule has 0 saturated carbocycles. The first kappa shape index (κ1) is 14.1. The van der Waals surface area contributed by atoms with Crippen molar-refractivity contribution in [3.63, 3.8) is 0 Å². The predicted molar refractivity (Wildman–Crippen MR) is 85.1 cm³/mol. The molecule has 112 valence electrons. The topological polar surface area (TPSA) is 59.9 Å². The number of H-pyrrole nitrogens is 1. The van der Waals surface area contributed by atoms with Crippen molar-refractivity contribution < 1.29 is 4.74 Å². The van der Waals surface area contributed by atoms with Gasteiger partial charge in [-0.15, -0.1) is 0 Å². The largest absolute Gasteiger partial charge is 0.496 e. The Labute approximate surface area is 128 Å². The monoisotopic (exact) mass is 295 g/mol. The Hall–Kier alpha value is -2.82. The number of aryl methyl sites for hydroxylation is 1. The summed E-state index contributed by atoms with van der Waals surface area (Å²) in [5.41, 5.74) is 3.15. The number of pyridine rings is 1. The molecule has 1 aromatic carbocycles. The van der Waals surface area contributed by atoms with Gasteiger partial charge in [-0.25, -0.2) is 4.98 Å². The lowest BCUT2D eigenvalue weighted by atomic mass is 10.1. The zero-order valence-corrected chi connectivity index (χ0v) is 12.5. The van der Waals surface area contributed by atoms with Crippen LogP contribution in [0.2, 0.25) is 0 Å². The second-order valence-corrected chi connectivity index (χ2v) is 5.09. The van der Waals surface area contributed by atoms with E-state index in [-0.39, 0.29) is 5.56 Å². The third kappa shape index (κ3) is 2.65. The third-order valence-corrected chi connectivity index (χ3v) is 3.63. The van der Waals surface area contributed by atoms with Crippen molar-refractivity contribution in [1.82, 2.24) is 14.5 Å². The summed E-state index contributed by atoms with van der Waals surface area (Å²) in [5, 5.41) is 0. The molecule has 22 heavy (non-hydrogen) atoms. The minimum Gasteiger partial charge on any atom is -0.496 e. The summed E-state index contributed by atoms with van der Waals surface area (Å²) in [6, 6.07) is 11.2. The van der Waals surface area contributed by atoms with E-state index in [0.717, 1.165) is 17.0 Å². The maximum atomic E-state index is 12.4. The summed E-state index contributed by atoms with van der Waals surface area (Å²) in [5.74, 6) is 0.686. The molecule has 0 spiro atoms. The molecular formula is C17H17N3O2. The van der Waals surface area contributed by atoms with Crippen molar-refractivity contribution in [2.75, 3.05) is 7.11 Å². The second-order valence-electron chi connectivity index (χ2n) is 5.09. The SMILES string of the molecule is COc1ccccc1-c1ccc(Cn2cncc2C)[nH]c1=O. The summed E-state index contributed by atoms with van der Waals surface area (Å²) in [7, 11) is 1.60. The Morgan fingerprint density at radius 1 is 1.18 bits per heavy atom. The number of hydrogen-bond donors (Lipinski definition) is 1. The Balaban J connectivity index is 1.96. The molecule has 0 amide bonds. The zero-order valence-electron chi connectivity index (χ0n) is 12.5. The van der Waals surface area contributed by atoms with Crippen LogP contribution < -0.4 is 10.3 Å². The first-order valence-electron chi connectivity index (χ1n) is 7.01. The quantitative estimate of drug-likeness (QED) is 0.805. The van der Waals surface area contributed by atoms with E-state index in [9.17, 15) is 4.79 Å². The molecule has 3 rings (SSSR count). The molecule has 5 nitrogen and oxygen atoms in total. The number of aromatic nitrogens is 3. The van der Waals surface area contributed by atoms with Crippen molar-refractivity contribution in [3.05, 3.63) is 70.7 Å². The van der Waals surface area contributed by atoms with Gasteiger partial charge in [0, 0.05) is 23.1 Å². The summed E-state index contributed by atoms with van der Waals surface area (Å²) < 4.78 is 7.30. The Bertz CT molecular complexity index is 849. The molecule has 2 heterocycles. The van der Waals surface area contributed by atoms with E-state index in [1.807, 2.05) is 47.9 Å². The van der Waals surface area contributed by atoms with Crippen LogP contribution in [0.1, 0.15) is 11.4 Å². The number of para-hydroxylation sites is 1. The third-order valence-electron chi connectivity index (χ3n) is 3.63. The smallest absolute Gasteiger partial charge is 0.256 e. The van der Waals surface area contributed by atoms with Gasteiger partial charge in [0.05, 0.1) is 25.5 Å². The number of ether oxygens (including phenoxy) is 1. The number of imidazole rings is 1. The highest BCUT2D eigenvalue weighted by molar-refractivity contribution is 5.69. The van der Waals surface area contributed by atoms with Crippen LogP contribution in [0, 0.1) is 6.92 Å². The van der Waals surface area contributed by atoms with Gasteiger partial charge in [0.1, 0.15) is 5.75 Å². The number of methoxy groups -OCH3 is 1. The lowest BCUT2D eigenvalue weighted by molar-refractivity contribution is 0.416. The second kappa shape index (κ2) is 5.89. The van der Waals surface area contributed by atoms with E-state index < -0.39 is 0 Å². The molecule has 0 bridgehead atoms. The fourth-order valence-electron chi connectivity index (χ4n) is 2.42. The van der Waals surface area contributed by atoms with Crippen LogP contribution in [0.25, 0.3) is 11.1 Å². The molecule has 0 saturated heterocycles. The highest BCUT2D eigenvalue weighted by Gasteiger charge is 2.09. The van der Waals surface area contributed by atoms with Gasteiger partial charge >= 0.3 is 0 Å². The molecular weight excluding hydrogens is 278 g/mol. The van der Waals surface area contributed by atoms with Crippen molar-refractivity contribution in [2.24, 2.45) is 0 Å². The van der Waals surface area contributed by atoms with Gasteiger partial charge in [0.25, 0.3) is 5.56 Å². The number of hydrogen-bond acceptors (Lipinski definition) is 3. The summed E-state index contributed by atoms with van der Waals surface area (Å²) >= 11 is 0. The first-order chi connectivity index (χ1) is 10.7. The number of rotatable bonds is 4. The molecule has 3 aromatic rings. The summed E-state index contributed by atoms with van der Waals surface area (Å²) in [4.78, 5) is 19.4. The Morgan fingerprint density at radius 3 is 2.68 bits per heavy atom. The van der Waals surface area contributed by atoms with Crippen LogP contribution in [0.3, 0.4) is 0 Å². The molecule has 0 fully saturated rings. The van der Waals surface area contributed by atoms with E-state index in [1.54, 1.807) is 19.6 Å². The molecule has 5 heteroatoms. The minimum absolute atomic E-state index is 0.125.